The molecule has 32 valence electrons. The van der Waals surface area contributed by atoms with Crippen LogP contribution in [0.2, 0.25) is 0 Å². The maximum atomic E-state index is 4.99. The van der Waals surface area contributed by atoms with Crippen molar-refractivity contribution in [2.45, 2.75) is 13.8 Å². The summed E-state index contributed by atoms with van der Waals surface area (Å²) >= 11 is 0. The molecule has 0 unspecified atom stereocenters. The zero-order valence-electron chi connectivity index (χ0n) is 4.28. The Hall–Kier alpha value is -0.570. The van der Waals surface area contributed by atoms with Crippen molar-refractivity contribution in [3.05, 3.63) is 6.92 Å². The van der Waals surface area contributed by atoms with Gasteiger partial charge in [0.05, 0.1) is 6.92 Å². The molecule has 0 aliphatic heterocycles. The molecule has 0 heterocycles. The third-order valence-corrected chi connectivity index (χ3v) is 0.391. The standard InChI is InChI=1S/C6H9/c1-5-6(2,3)4/h1H,2H2,3-4H3/q+1. The van der Waals surface area contributed by atoms with Gasteiger partial charge in [0.1, 0.15) is 0 Å². The average molecular weight is 81.1 g/mol. The highest BCUT2D eigenvalue weighted by atomic mass is 14.0. The van der Waals surface area contributed by atoms with Crippen LogP contribution in [0.5, 0.6) is 0 Å². The van der Waals surface area contributed by atoms with Gasteiger partial charge in [0, 0.05) is 0 Å². The molecule has 0 heteroatoms. The zero-order chi connectivity index (χ0) is 5.21. The Morgan fingerprint density at radius 1 is 1.67 bits per heavy atom. The van der Waals surface area contributed by atoms with E-state index in [0.29, 0.717) is 0 Å². The van der Waals surface area contributed by atoms with Crippen molar-refractivity contribution in [3.63, 3.8) is 0 Å². The van der Waals surface area contributed by atoms with Crippen molar-refractivity contribution in [1.29, 1.82) is 0 Å². The quantitative estimate of drug-likeness (QED) is 0.306. The second-order valence-corrected chi connectivity index (χ2v) is 2.03. The Morgan fingerprint density at radius 2 is 1.83 bits per heavy atom. The zero-order valence-corrected chi connectivity index (χ0v) is 4.28. The smallest absolute Gasteiger partial charge is 0.115 e. The molecule has 0 saturated carbocycles. The summed E-state index contributed by atoms with van der Waals surface area (Å²) in [7, 11) is 0. The van der Waals surface area contributed by atoms with Crippen LogP contribution in [0.1, 0.15) is 13.8 Å². The Labute approximate surface area is 39.6 Å². The summed E-state index contributed by atoms with van der Waals surface area (Å²) in [6.45, 7) is 7.44. The van der Waals surface area contributed by atoms with E-state index < -0.39 is 0 Å². The van der Waals surface area contributed by atoms with Crippen molar-refractivity contribution in [2.75, 3.05) is 0 Å². The molecule has 0 radical (unpaired) electrons. The van der Waals surface area contributed by atoms with E-state index in [1.165, 1.54) is 0 Å². The molecule has 0 aromatic rings. The summed E-state index contributed by atoms with van der Waals surface area (Å²) in [4.78, 5) is 0. The van der Waals surface area contributed by atoms with Gasteiger partial charge in [0.2, 0.25) is 0 Å². The van der Waals surface area contributed by atoms with Gasteiger partial charge in [-0.3, -0.25) is 0 Å². The van der Waals surface area contributed by atoms with E-state index in [1.54, 1.807) is 0 Å². The Balaban J connectivity index is 3.55. The lowest BCUT2D eigenvalue weighted by Gasteiger charge is -1.95. The van der Waals surface area contributed by atoms with Gasteiger partial charge in [-0.1, -0.05) is 5.92 Å². The second-order valence-electron chi connectivity index (χ2n) is 2.03. The summed E-state index contributed by atoms with van der Waals surface area (Å²) in [5.41, 5.74) is -0.181. The molecule has 0 spiro atoms. The van der Waals surface area contributed by atoms with E-state index in [9.17, 15) is 0 Å². The molecule has 0 aliphatic carbocycles. The van der Waals surface area contributed by atoms with Crippen molar-refractivity contribution in [2.24, 2.45) is 5.41 Å². The highest BCUT2D eigenvalue weighted by molar-refractivity contribution is 5.01. The minimum atomic E-state index is -0.181. The molecular weight excluding hydrogens is 72.1 g/mol. The summed E-state index contributed by atoms with van der Waals surface area (Å²) in [6.07, 6.45) is 4.99. The third kappa shape index (κ3) is 3.43. The van der Waals surface area contributed by atoms with Crippen molar-refractivity contribution in [3.8, 4) is 12.3 Å². The molecule has 0 aromatic heterocycles. The molecular formula is C6H9+. The highest BCUT2D eigenvalue weighted by Gasteiger charge is 2.10. The van der Waals surface area contributed by atoms with Crippen molar-refractivity contribution < 1.29 is 0 Å². The van der Waals surface area contributed by atoms with Gasteiger partial charge in [-0.05, 0) is 13.8 Å². The van der Waals surface area contributed by atoms with Gasteiger partial charge >= 0.3 is 0 Å². The van der Waals surface area contributed by atoms with E-state index in [-0.39, 0.29) is 5.41 Å². The first kappa shape index (κ1) is 5.43. The van der Waals surface area contributed by atoms with E-state index in [0.717, 1.165) is 0 Å². The second kappa shape index (κ2) is 1.26. The van der Waals surface area contributed by atoms with E-state index in [4.69, 9.17) is 6.42 Å². The number of hydrogen-bond acceptors (Lipinski definition) is 0. The predicted molar refractivity (Wildman–Crippen MR) is 28.0 cm³/mol. The van der Waals surface area contributed by atoms with Crippen LogP contribution in [0.4, 0.5) is 0 Å². The SMILES string of the molecule is C#CC([CH2+])(C)C. The topological polar surface area (TPSA) is 0 Å². The van der Waals surface area contributed by atoms with E-state index in [1.807, 2.05) is 13.8 Å². The molecule has 0 nitrogen and oxygen atoms in total. The molecule has 0 amide bonds. The highest BCUT2D eigenvalue weighted by Crippen LogP contribution is 2.07. The molecule has 0 rings (SSSR count). The first-order chi connectivity index (χ1) is 2.56. The summed E-state index contributed by atoms with van der Waals surface area (Å²) in [5, 5.41) is 0. The van der Waals surface area contributed by atoms with Gasteiger partial charge in [-0.2, -0.15) is 0 Å². The first-order valence-electron chi connectivity index (χ1n) is 1.89. The lowest BCUT2D eigenvalue weighted by Crippen LogP contribution is -1.98. The summed E-state index contributed by atoms with van der Waals surface area (Å²) in [6, 6.07) is 0. The summed E-state index contributed by atoms with van der Waals surface area (Å²) in [5.74, 6) is 2.49. The molecule has 0 fully saturated rings. The minimum absolute atomic E-state index is 0.181. The Morgan fingerprint density at radius 3 is 1.83 bits per heavy atom. The van der Waals surface area contributed by atoms with Crippen LogP contribution in [0, 0.1) is 24.7 Å². The Bertz CT molecular complexity index is 67.0. The molecule has 0 saturated heterocycles. The molecule has 6 heavy (non-hydrogen) atoms. The van der Waals surface area contributed by atoms with Gasteiger partial charge in [0.15, 0.2) is 5.41 Å². The van der Waals surface area contributed by atoms with Crippen LogP contribution in [-0.2, 0) is 0 Å². The van der Waals surface area contributed by atoms with Crippen LogP contribution < -0.4 is 0 Å². The first-order valence-corrected chi connectivity index (χ1v) is 1.89. The maximum absolute atomic E-state index is 4.99. The summed E-state index contributed by atoms with van der Waals surface area (Å²) < 4.78 is 0. The lowest BCUT2D eigenvalue weighted by atomic mass is 9.99. The van der Waals surface area contributed by atoms with Crippen LogP contribution in [-0.4, -0.2) is 0 Å². The molecule has 0 N–H and O–H groups in total. The Kier molecular flexibility index (Phi) is 1.14. The molecule has 0 aliphatic rings. The molecule has 0 aromatic carbocycles. The van der Waals surface area contributed by atoms with Crippen LogP contribution >= 0.6 is 0 Å². The van der Waals surface area contributed by atoms with Crippen LogP contribution in [0.3, 0.4) is 0 Å². The largest absolute Gasteiger partial charge is 0.159 e. The van der Waals surface area contributed by atoms with Crippen LogP contribution in [0.25, 0.3) is 0 Å². The van der Waals surface area contributed by atoms with Crippen LogP contribution in [0.15, 0.2) is 0 Å². The third-order valence-electron chi connectivity index (χ3n) is 0.391. The van der Waals surface area contributed by atoms with Gasteiger partial charge in [-0.25, -0.2) is 0 Å². The minimum Gasteiger partial charge on any atom is -0.115 e. The van der Waals surface area contributed by atoms with E-state index >= 15 is 0 Å². The fourth-order valence-electron chi connectivity index (χ4n) is 0. The van der Waals surface area contributed by atoms with E-state index in [2.05, 4.69) is 12.8 Å². The number of hydrogen-bond donors (Lipinski definition) is 0. The maximum Gasteiger partial charge on any atom is 0.159 e. The average Bonchev–Trinajstić information content (AvgIpc) is 1.35. The predicted octanol–water partition coefficient (Wildman–Crippen LogP) is 1.48. The monoisotopic (exact) mass is 81.1 g/mol. The molecule has 0 atom stereocenters. The van der Waals surface area contributed by atoms with Crippen molar-refractivity contribution in [1.82, 2.24) is 0 Å². The molecule has 0 bridgehead atoms. The van der Waals surface area contributed by atoms with Crippen molar-refractivity contribution >= 4 is 0 Å². The number of rotatable bonds is 0. The fraction of sp³-hybridized carbons (Fsp3) is 0.500. The van der Waals surface area contributed by atoms with Gasteiger partial charge < -0.3 is 0 Å². The van der Waals surface area contributed by atoms with Gasteiger partial charge in [-0.15, -0.1) is 6.42 Å². The normalized spacial score (nSPS) is 10.2. The van der Waals surface area contributed by atoms with Gasteiger partial charge in [0.25, 0.3) is 0 Å². The lowest BCUT2D eigenvalue weighted by molar-refractivity contribution is 0.651. The fourth-order valence-corrected chi connectivity index (χ4v) is 0. The number of terminal acetylenes is 1.